The van der Waals surface area contributed by atoms with Crippen molar-refractivity contribution in [3.63, 3.8) is 0 Å². The summed E-state index contributed by atoms with van der Waals surface area (Å²) in [5, 5.41) is 3.40. The van der Waals surface area contributed by atoms with Crippen LogP contribution in [-0.2, 0) is 21.9 Å². The van der Waals surface area contributed by atoms with E-state index in [4.69, 9.17) is 4.74 Å². The number of aromatic nitrogens is 2. The zero-order valence-electron chi connectivity index (χ0n) is 16.9. The lowest BCUT2D eigenvalue weighted by Gasteiger charge is -2.30. The number of nitrogens with one attached hydrogen (secondary N) is 3. The smallest absolute Gasteiger partial charge is 0.274 e. The Morgan fingerprint density at radius 1 is 1.20 bits per heavy atom. The number of fused-ring (bicyclic) bond motifs is 2. The first-order valence-electron chi connectivity index (χ1n) is 9.40. The molecule has 0 radical (unpaired) electrons. The number of H-pyrrole nitrogens is 1. The topological polar surface area (TPSA) is 122 Å². The summed E-state index contributed by atoms with van der Waals surface area (Å²) in [4.78, 5) is 27.9. The summed E-state index contributed by atoms with van der Waals surface area (Å²) in [7, 11) is -0.869. The maximum Gasteiger partial charge on any atom is 0.274 e. The van der Waals surface area contributed by atoms with Gasteiger partial charge in [-0.2, -0.15) is 0 Å². The molecule has 0 fully saturated rings. The Morgan fingerprint density at radius 2 is 1.93 bits per heavy atom. The van der Waals surface area contributed by atoms with Crippen LogP contribution in [0.5, 0.6) is 5.75 Å². The van der Waals surface area contributed by atoms with Gasteiger partial charge in [-0.25, -0.2) is 13.1 Å². The fourth-order valence-electron chi connectivity index (χ4n) is 3.60. The molecule has 3 N–H and O–H groups in total. The van der Waals surface area contributed by atoms with Gasteiger partial charge in [-0.15, -0.1) is 0 Å². The number of carbonyl (C=O) groups is 1. The van der Waals surface area contributed by atoms with E-state index in [2.05, 4.69) is 15.0 Å². The number of ether oxygens (including phenoxy) is 1. The Kier molecular flexibility index (Phi) is 4.70. The fourth-order valence-corrected chi connectivity index (χ4v) is 4.38. The number of hydrogen-bond donors (Lipinski definition) is 3. The lowest BCUT2D eigenvalue weighted by atomic mass is 9.99. The summed E-state index contributed by atoms with van der Waals surface area (Å²) < 4.78 is 34.8. The molecule has 9 nitrogen and oxygen atoms in total. The zero-order valence-corrected chi connectivity index (χ0v) is 17.8. The van der Waals surface area contributed by atoms with Gasteiger partial charge in [0.15, 0.2) is 11.9 Å². The molecule has 1 aliphatic heterocycles. The molecular weight excluding hydrogens is 408 g/mol. The molecule has 3 heterocycles. The lowest BCUT2D eigenvalue weighted by Crippen LogP contribution is -2.41. The summed E-state index contributed by atoms with van der Waals surface area (Å²) in [5.41, 5.74) is 1.52. The molecule has 10 heteroatoms. The molecule has 2 aromatic heterocycles. The molecule has 158 valence electrons. The van der Waals surface area contributed by atoms with Gasteiger partial charge in [-0.05, 0) is 31.2 Å². The molecule has 1 aromatic carbocycles. The Balaban J connectivity index is 2.07. The van der Waals surface area contributed by atoms with Gasteiger partial charge in [0.05, 0.1) is 10.6 Å². The normalized spacial score (nSPS) is 16.4. The second kappa shape index (κ2) is 6.99. The lowest BCUT2D eigenvalue weighted by molar-refractivity contribution is -0.125. The number of pyridine rings is 1. The van der Waals surface area contributed by atoms with Gasteiger partial charge >= 0.3 is 0 Å². The van der Waals surface area contributed by atoms with E-state index in [9.17, 15) is 18.0 Å². The molecule has 0 bridgehead atoms. The predicted molar refractivity (Wildman–Crippen MR) is 113 cm³/mol. The van der Waals surface area contributed by atoms with E-state index in [0.29, 0.717) is 27.8 Å². The maximum absolute atomic E-state index is 12.5. The van der Waals surface area contributed by atoms with Crippen molar-refractivity contribution in [3.8, 4) is 16.9 Å². The summed E-state index contributed by atoms with van der Waals surface area (Å²) in [6, 6.07) is 4.61. The second-order valence-corrected chi connectivity index (χ2v) is 9.44. The molecule has 0 saturated heterocycles. The van der Waals surface area contributed by atoms with E-state index in [1.165, 1.54) is 23.7 Å². The number of rotatable bonds is 4. The van der Waals surface area contributed by atoms with Crippen LogP contribution in [0.4, 0.5) is 5.69 Å². The van der Waals surface area contributed by atoms with Gasteiger partial charge in [0.2, 0.25) is 10.0 Å². The average molecular weight is 430 g/mol. The third-order valence-corrected chi connectivity index (χ3v) is 6.59. The first-order valence-corrected chi connectivity index (χ1v) is 10.9. The number of hydrogen-bond acceptors (Lipinski definition) is 5. The van der Waals surface area contributed by atoms with E-state index in [1.807, 2.05) is 13.8 Å². The highest BCUT2D eigenvalue weighted by Crippen LogP contribution is 2.44. The SMILES string of the molecule is CNS(=O)(=O)c1cc2c(c(-c3cn(C)c(=O)c4[nH]ccc34)c1)OC(C(C)C)C(=O)N2. The minimum Gasteiger partial charge on any atom is -0.477 e. The summed E-state index contributed by atoms with van der Waals surface area (Å²) in [6.07, 6.45) is 2.56. The van der Waals surface area contributed by atoms with Crippen LogP contribution in [0.3, 0.4) is 0 Å². The van der Waals surface area contributed by atoms with Crippen molar-refractivity contribution in [2.75, 3.05) is 12.4 Å². The molecule has 0 spiro atoms. The van der Waals surface area contributed by atoms with Crippen molar-refractivity contribution in [1.29, 1.82) is 0 Å². The van der Waals surface area contributed by atoms with Gasteiger partial charge in [0.1, 0.15) is 5.52 Å². The molecular formula is C20H22N4O5S. The van der Waals surface area contributed by atoms with Crippen molar-refractivity contribution in [3.05, 3.63) is 40.9 Å². The Morgan fingerprint density at radius 3 is 2.60 bits per heavy atom. The largest absolute Gasteiger partial charge is 0.477 e. The molecule has 3 aromatic rings. The van der Waals surface area contributed by atoms with E-state index >= 15 is 0 Å². The Labute approximate surface area is 173 Å². The average Bonchev–Trinajstić information content (AvgIpc) is 3.19. The van der Waals surface area contributed by atoms with Crippen LogP contribution >= 0.6 is 0 Å². The van der Waals surface area contributed by atoms with Gasteiger partial charge in [-0.3, -0.25) is 9.59 Å². The highest BCUT2D eigenvalue weighted by Gasteiger charge is 2.34. The minimum atomic E-state index is -3.80. The molecule has 0 aliphatic carbocycles. The van der Waals surface area contributed by atoms with Crippen LogP contribution in [0.15, 0.2) is 40.3 Å². The van der Waals surface area contributed by atoms with Crippen molar-refractivity contribution >= 4 is 32.5 Å². The van der Waals surface area contributed by atoms with Crippen molar-refractivity contribution < 1.29 is 17.9 Å². The third-order valence-electron chi connectivity index (χ3n) is 5.19. The second-order valence-electron chi connectivity index (χ2n) is 7.55. The standard InChI is InChI=1S/C20H22N4O5S/c1-10(2)17-19(25)23-15-8-11(30(27,28)21-3)7-13(18(15)29-17)14-9-24(4)20(26)16-12(14)5-6-22-16/h5-10,17,21-22H,1-4H3,(H,23,25). The molecule has 4 rings (SSSR count). The third kappa shape index (κ3) is 3.08. The maximum atomic E-state index is 12.5. The van der Waals surface area contributed by atoms with Crippen molar-refractivity contribution in [1.82, 2.24) is 14.3 Å². The van der Waals surface area contributed by atoms with Gasteiger partial charge < -0.3 is 19.6 Å². The molecule has 1 atom stereocenters. The van der Waals surface area contributed by atoms with Crippen LogP contribution in [0, 0.1) is 5.92 Å². The number of aromatic amines is 1. The van der Waals surface area contributed by atoms with Crippen LogP contribution in [0.25, 0.3) is 22.0 Å². The minimum absolute atomic E-state index is 0.0248. The molecule has 1 amide bonds. The highest BCUT2D eigenvalue weighted by molar-refractivity contribution is 7.89. The van der Waals surface area contributed by atoms with Crippen LogP contribution in [0.2, 0.25) is 0 Å². The van der Waals surface area contributed by atoms with E-state index in [-0.39, 0.29) is 28.0 Å². The highest BCUT2D eigenvalue weighted by atomic mass is 32.2. The number of benzene rings is 1. The number of aryl methyl sites for hydroxylation is 1. The van der Waals surface area contributed by atoms with Gasteiger partial charge in [0.25, 0.3) is 11.5 Å². The van der Waals surface area contributed by atoms with Gasteiger partial charge in [0, 0.05) is 36.0 Å². The molecule has 0 saturated carbocycles. The van der Waals surface area contributed by atoms with Crippen molar-refractivity contribution in [2.24, 2.45) is 13.0 Å². The predicted octanol–water partition coefficient (Wildman–Crippen LogP) is 1.80. The monoisotopic (exact) mass is 430 g/mol. The first-order chi connectivity index (χ1) is 14.1. The number of amides is 1. The van der Waals surface area contributed by atoms with E-state index in [1.54, 1.807) is 25.5 Å². The fraction of sp³-hybridized carbons (Fsp3) is 0.300. The number of nitrogens with zero attached hydrogens (tertiary/aromatic N) is 1. The van der Waals surface area contributed by atoms with Crippen molar-refractivity contribution in [2.45, 2.75) is 24.8 Å². The quantitative estimate of drug-likeness (QED) is 0.583. The summed E-state index contributed by atoms with van der Waals surface area (Å²) >= 11 is 0. The van der Waals surface area contributed by atoms with Crippen LogP contribution < -0.4 is 20.3 Å². The Bertz CT molecular complexity index is 1340. The first kappa shape index (κ1) is 20.2. The number of anilines is 1. The van der Waals surface area contributed by atoms with E-state index in [0.717, 1.165) is 0 Å². The van der Waals surface area contributed by atoms with Crippen LogP contribution in [0.1, 0.15) is 13.8 Å². The zero-order chi connectivity index (χ0) is 21.8. The Hall–Kier alpha value is -3.11. The summed E-state index contributed by atoms with van der Waals surface area (Å²) in [5.74, 6) is -0.0710. The number of sulfonamides is 1. The molecule has 1 aliphatic rings. The summed E-state index contributed by atoms with van der Waals surface area (Å²) in [6.45, 7) is 3.73. The molecule has 1 unspecified atom stereocenters. The van der Waals surface area contributed by atoms with E-state index < -0.39 is 16.1 Å². The van der Waals surface area contributed by atoms with Crippen LogP contribution in [-0.4, -0.2) is 37.0 Å². The molecule has 30 heavy (non-hydrogen) atoms. The number of carbonyl (C=O) groups excluding carboxylic acids is 1. The van der Waals surface area contributed by atoms with Gasteiger partial charge in [-0.1, -0.05) is 13.8 Å².